The number of hydrogen-bond donors (Lipinski definition) is 0. The number of hydrogen-bond acceptors (Lipinski definition) is 4. The van der Waals surface area contributed by atoms with Gasteiger partial charge in [-0.25, -0.2) is 17.2 Å². The molecule has 0 unspecified atom stereocenters. The first-order valence-electron chi connectivity index (χ1n) is 10.8. The highest BCUT2D eigenvalue weighted by Crippen LogP contribution is 2.64. The first-order chi connectivity index (χ1) is 14.5. The van der Waals surface area contributed by atoms with Crippen LogP contribution in [0.3, 0.4) is 0 Å². The predicted molar refractivity (Wildman–Crippen MR) is 102 cm³/mol. The zero-order valence-corrected chi connectivity index (χ0v) is 17.8. The lowest BCUT2D eigenvalue weighted by Gasteiger charge is -2.43. The summed E-state index contributed by atoms with van der Waals surface area (Å²) in [5.74, 6) is 0.734. The van der Waals surface area contributed by atoms with Gasteiger partial charge in [0.1, 0.15) is 6.54 Å². The molecular weight excluding hydrogens is 441 g/mol. The minimum atomic E-state index is -4.65. The molecule has 0 amide bonds. The van der Waals surface area contributed by atoms with E-state index in [4.69, 9.17) is 0 Å². The standard InChI is InChI=1S/C20H26F5N3O2S/c21-17(22)9-28-15(8-16(26-28)20(23,24)25)18-13-6-12(7-14(13)18)27-4-1-2-19(10-27)3-5-31(29,30)11-19/h8,12-14,17-18H,1-7,9-11H2/t12-,13+,14-,18-,19-/m0/s1. The van der Waals surface area contributed by atoms with Crippen molar-refractivity contribution >= 4 is 9.84 Å². The predicted octanol–water partition coefficient (Wildman–Crippen LogP) is 3.56. The number of piperidine rings is 1. The van der Waals surface area contributed by atoms with Crippen LogP contribution in [-0.2, 0) is 22.6 Å². The lowest BCUT2D eigenvalue weighted by Crippen LogP contribution is -2.48. The first-order valence-corrected chi connectivity index (χ1v) is 12.7. The molecular formula is C20H26F5N3O2S. The third-order valence-electron chi connectivity index (χ3n) is 7.85. The zero-order chi connectivity index (χ0) is 22.2. The normalized spacial score (nSPS) is 37.6. The summed E-state index contributed by atoms with van der Waals surface area (Å²) in [6.07, 6.45) is -3.19. The van der Waals surface area contributed by atoms with Gasteiger partial charge in [0, 0.05) is 24.2 Å². The number of alkyl halides is 5. The van der Waals surface area contributed by atoms with Crippen molar-refractivity contribution < 1.29 is 30.4 Å². The van der Waals surface area contributed by atoms with Crippen molar-refractivity contribution in [1.82, 2.24) is 14.7 Å². The Morgan fingerprint density at radius 1 is 1.19 bits per heavy atom. The molecule has 1 aromatic heterocycles. The topological polar surface area (TPSA) is 55.2 Å². The van der Waals surface area contributed by atoms with E-state index in [0.717, 1.165) is 49.5 Å². The van der Waals surface area contributed by atoms with Crippen LogP contribution < -0.4 is 0 Å². The van der Waals surface area contributed by atoms with Crippen molar-refractivity contribution in [3.05, 3.63) is 17.5 Å². The van der Waals surface area contributed by atoms with E-state index in [0.29, 0.717) is 12.5 Å². The molecule has 174 valence electrons. The van der Waals surface area contributed by atoms with E-state index in [1.165, 1.54) is 0 Å². The molecule has 1 aromatic rings. The van der Waals surface area contributed by atoms with Gasteiger partial charge in [-0.2, -0.15) is 18.3 Å². The molecule has 1 spiro atoms. The van der Waals surface area contributed by atoms with Gasteiger partial charge < -0.3 is 0 Å². The maximum atomic E-state index is 13.1. The summed E-state index contributed by atoms with van der Waals surface area (Å²) in [5, 5.41) is 3.43. The molecule has 2 aliphatic carbocycles. The van der Waals surface area contributed by atoms with Crippen molar-refractivity contribution in [3.63, 3.8) is 0 Å². The van der Waals surface area contributed by atoms with Crippen molar-refractivity contribution in [1.29, 1.82) is 0 Å². The van der Waals surface area contributed by atoms with Gasteiger partial charge in [0.05, 0.1) is 11.5 Å². The molecule has 2 saturated heterocycles. The van der Waals surface area contributed by atoms with E-state index in [9.17, 15) is 30.4 Å². The fourth-order valence-corrected chi connectivity index (χ4v) is 8.73. The molecule has 5 rings (SSSR count). The van der Waals surface area contributed by atoms with Crippen LogP contribution in [0.25, 0.3) is 0 Å². The number of aromatic nitrogens is 2. The Balaban J connectivity index is 1.27. The second-order valence-electron chi connectivity index (χ2n) is 9.92. The molecule has 0 radical (unpaired) electrons. The maximum Gasteiger partial charge on any atom is 0.435 e. The highest BCUT2D eigenvalue weighted by atomic mass is 32.2. The van der Waals surface area contributed by atoms with Crippen LogP contribution in [-0.4, -0.2) is 60.2 Å². The summed E-state index contributed by atoms with van der Waals surface area (Å²) in [7, 11) is -2.96. The van der Waals surface area contributed by atoms with Gasteiger partial charge in [-0.1, -0.05) is 0 Å². The molecule has 3 heterocycles. The van der Waals surface area contributed by atoms with Crippen molar-refractivity contribution in [2.75, 3.05) is 24.6 Å². The Morgan fingerprint density at radius 3 is 2.48 bits per heavy atom. The second-order valence-corrected chi connectivity index (χ2v) is 12.1. The van der Waals surface area contributed by atoms with Gasteiger partial charge >= 0.3 is 6.18 Å². The van der Waals surface area contributed by atoms with Crippen LogP contribution in [0.5, 0.6) is 0 Å². The highest BCUT2D eigenvalue weighted by Gasteiger charge is 2.59. The average molecular weight is 468 g/mol. The quantitative estimate of drug-likeness (QED) is 0.636. The number of halogens is 5. The number of nitrogens with zero attached hydrogens (tertiary/aromatic N) is 3. The molecule has 11 heteroatoms. The van der Waals surface area contributed by atoms with Crippen LogP contribution in [0, 0.1) is 17.3 Å². The minimum Gasteiger partial charge on any atom is -0.300 e. The Hall–Kier alpha value is -1.23. The number of rotatable bonds is 4. The number of sulfone groups is 1. The number of fused-ring (bicyclic) bond motifs is 1. The zero-order valence-electron chi connectivity index (χ0n) is 17.0. The fourth-order valence-electron chi connectivity index (χ4n) is 6.53. The SMILES string of the molecule is O=S1(=O)CC[C@]2(CCCN([C@H]3C[C@@H]4[C@H](C3)[C@H]4c3cc(C(F)(F)F)nn3CC(F)F)C2)C1. The fraction of sp³-hybridized carbons (Fsp3) is 0.850. The van der Waals surface area contributed by atoms with Crippen molar-refractivity contribution in [2.45, 2.75) is 63.2 Å². The summed E-state index contributed by atoms with van der Waals surface area (Å²) < 4.78 is 89.9. The summed E-state index contributed by atoms with van der Waals surface area (Å²) in [6.45, 7) is 0.856. The van der Waals surface area contributed by atoms with Gasteiger partial charge in [-0.05, 0) is 62.0 Å². The van der Waals surface area contributed by atoms with Crippen molar-refractivity contribution in [2.24, 2.45) is 17.3 Å². The Kier molecular flexibility index (Phi) is 4.97. The van der Waals surface area contributed by atoms with E-state index in [1.807, 2.05) is 0 Å². The second kappa shape index (κ2) is 7.13. The van der Waals surface area contributed by atoms with E-state index in [2.05, 4.69) is 10.00 Å². The van der Waals surface area contributed by atoms with Crippen LogP contribution in [0.15, 0.2) is 6.07 Å². The lowest BCUT2D eigenvalue weighted by molar-refractivity contribution is -0.141. The number of likely N-dealkylation sites (tertiary alicyclic amines) is 1. The first kappa shape index (κ1) is 21.6. The van der Waals surface area contributed by atoms with Crippen LogP contribution >= 0.6 is 0 Å². The molecule has 5 nitrogen and oxygen atoms in total. The van der Waals surface area contributed by atoms with Crippen LogP contribution in [0.1, 0.15) is 49.4 Å². The average Bonchev–Trinajstić information content (AvgIpc) is 3.02. The van der Waals surface area contributed by atoms with Crippen LogP contribution in [0.4, 0.5) is 22.0 Å². The third-order valence-corrected chi connectivity index (χ3v) is 9.73. The van der Waals surface area contributed by atoms with Gasteiger partial charge in [0.2, 0.25) is 0 Å². The molecule has 0 N–H and O–H groups in total. The molecule has 31 heavy (non-hydrogen) atoms. The molecule has 2 aliphatic heterocycles. The summed E-state index contributed by atoms with van der Waals surface area (Å²) in [6, 6.07) is 1.24. The Bertz CT molecular complexity index is 951. The van der Waals surface area contributed by atoms with Gasteiger partial charge in [-0.15, -0.1) is 0 Å². The minimum absolute atomic E-state index is 0.149. The maximum absolute atomic E-state index is 13.1. The van der Waals surface area contributed by atoms with Gasteiger partial charge in [0.25, 0.3) is 6.43 Å². The molecule has 2 saturated carbocycles. The van der Waals surface area contributed by atoms with E-state index >= 15 is 0 Å². The Morgan fingerprint density at radius 2 is 1.90 bits per heavy atom. The summed E-state index contributed by atoms with van der Waals surface area (Å²) in [4.78, 5) is 2.38. The highest BCUT2D eigenvalue weighted by molar-refractivity contribution is 7.91. The Labute approximate surface area is 177 Å². The summed E-state index contributed by atoms with van der Waals surface area (Å²) in [5.41, 5.74) is -0.982. The summed E-state index contributed by atoms with van der Waals surface area (Å²) >= 11 is 0. The molecule has 4 fully saturated rings. The van der Waals surface area contributed by atoms with Gasteiger partial charge in [-0.3, -0.25) is 9.58 Å². The molecule has 0 bridgehead atoms. The molecule has 5 atom stereocenters. The lowest BCUT2D eigenvalue weighted by atomic mass is 9.79. The van der Waals surface area contributed by atoms with E-state index < -0.39 is 34.7 Å². The van der Waals surface area contributed by atoms with E-state index in [1.54, 1.807) is 0 Å². The monoisotopic (exact) mass is 467 g/mol. The van der Waals surface area contributed by atoms with Crippen LogP contribution in [0.2, 0.25) is 0 Å². The van der Waals surface area contributed by atoms with E-state index in [-0.39, 0.29) is 40.4 Å². The molecule has 0 aromatic carbocycles. The smallest absolute Gasteiger partial charge is 0.300 e. The molecule has 4 aliphatic rings. The van der Waals surface area contributed by atoms with Crippen molar-refractivity contribution in [3.8, 4) is 0 Å². The van der Waals surface area contributed by atoms with Gasteiger partial charge in [0.15, 0.2) is 15.5 Å². The third kappa shape index (κ3) is 4.00. The largest absolute Gasteiger partial charge is 0.435 e.